The van der Waals surface area contributed by atoms with Crippen LogP contribution < -0.4 is 10.1 Å². The minimum absolute atomic E-state index is 0.269. The van der Waals surface area contributed by atoms with Crippen LogP contribution in [0.25, 0.3) is 5.82 Å². The van der Waals surface area contributed by atoms with Gasteiger partial charge in [0.15, 0.2) is 5.82 Å². The monoisotopic (exact) mass is 416 g/mol. The SMILES string of the molecule is Cc1ccn(-c2ccc(Oc3ccc(NC(=O)CN(C)S(C)(=O)=O)cc3)nn2)n1. The summed E-state index contributed by atoms with van der Waals surface area (Å²) < 4.78 is 30.9. The number of amides is 1. The van der Waals surface area contributed by atoms with E-state index in [2.05, 4.69) is 20.6 Å². The average Bonchev–Trinajstić information content (AvgIpc) is 3.09. The van der Waals surface area contributed by atoms with E-state index in [-0.39, 0.29) is 6.54 Å². The Kier molecular flexibility index (Phi) is 5.89. The molecule has 29 heavy (non-hydrogen) atoms. The highest BCUT2D eigenvalue weighted by molar-refractivity contribution is 7.88. The molecule has 10 nitrogen and oxygen atoms in total. The number of carbonyl (C=O) groups is 1. The Morgan fingerprint density at radius 2 is 1.86 bits per heavy atom. The van der Waals surface area contributed by atoms with Crippen molar-refractivity contribution in [2.24, 2.45) is 0 Å². The van der Waals surface area contributed by atoms with Gasteiger partial charge < -0.3 is 10.1 Å². The Balaban J connectivity index is 1.58. The summed E-state index contributed by atoms with van der Waals surface area (Å²) in [4.78, 5) is 11.9. The molecule has 0 aliphatic carbocycles. The van der Waals surface area contributed by atoms with E-state index < -0.39 is 15.9 Å². The minimum Gasteiger partial charge on any atom is -0.438 e. The number of anilines is 1. The van der Waals surface area contributed by atoms with Gasteiger partial charge >= 0.3 is 0 Å². The molecule has 2 aromatic heterocycles. The van der Waals surface area contributed by atoms with Gasteiger partial charge in [-0.15, -0.1) is 10.2 Å². The lowest BCUT2D eigenvalue weighted by atomic mass is 10.3. The predicted octanol–water partition coefficient (Wildman–Crippen LogP) is 1.59. The van der Waals surface area contributed by atoms with E-state index in [0.717, 1.165) is 16.3 Å². The number of benzene rings is 1. The summed E-state index contributed by atoms with van der Waals surface area (Å²) in [6.45, 7) is 1.62. The van der Waals surface area contributed by atoms with Crippen molar-refractivity contribution in [1.82, 2.24) is 24.3 Å². The first-order valence-electron chi connectivity index (χ1n) is 8.56. The van der Waals surface area contributed by atoms with Gasteiger partial charge in [0.25, 0.3) is 0 Å². The molecule has 3 aromatic rings. The minimum atomic E-state index is -3.42. The molecule has 1 aromatic carbocycles. The first kappa shape index (κ1) is 20.4. The number of aromatic nitrogens is 4. The summed E-state index contributed by atoms with van der Waals surface area (Å²) in [5, 5.41) is 15.0. The zero-order valence-electron chi connectivity index (χ0n) is 16.1. The maximum absolute atomic E-state index is 11.9. The fraction of sp³-hybridized carbons (Fsp3) is 0.222. The van der Waals surface area contributed by atoms with Crippen LogP contribution in [-0.2, 0) is 14.8 Å². The van der Waals surface area contributed by atoms with Crippen LogP contribution in [0.3, 0.4) is 0 Å². The smallest absolute Gasteiger partial charge is 0.239 e. The van der Waals surface area contributed by atoms with Crippen LogP contribution in [0.4, 0.5) is 5.69 Å². The molecule has 2 heterocycles. The third-order valence-electron chi connectivity index (χ3n) is 3.88. The van der Waals surface area contributed by atoms with Gasteiger partial charge in [-0.05, 0) is 43.3 Å². The van der Waals surface area contributed by atoms with Gasteiger partial charge in [-0.1, -0.05) is 0 Å². The van der Waals surface area contributed by atoms with Crippen LogP contribution in [0.1, 0.15) is 5.69 Å². The van der Waals surface area contributed by atoms with Crippen molar-refractivity contribution in [1.29, 1.82) is 0 Å². The Bertz CT molecular complexity index is 1090. The maximum atomic E-state index is 11.9. The van der Waals surface area contributed by atoms with E-state index in [1.807, 2.05) is 13.0 Å². The molecular weight excluding hydrogens is 396 g/mol. The number of nitrogens with one attached hydrogen (secondary N) is 1. The number of ether oxygens (including phenoxy) is 1. The third kappa shape index (κ3) is 5.59. The Morgan fingerprint density at radius 1 is 1.14 bits per heavy atom. The number of aryl methyl sites for hydroxylation is 1. The topological polar surface area (TPSA) is 119 Å². The highest BCUT2D eigenvalue weighted by Crippen LogP contribution is 2.21. The van der Waals surface area contributed by atoms with Crippen LogP contribution >= 0.6 is 0 Å². The van der Waals surface area contributed by atoms with Crippen LogP contribution in [0.15, 0.2) is 48.7 Å². The van der Waals surface area contributed by atoms with E-state index >= 15 is 0 Å². The van der Waals surface area contributed by atoms with Gasteiger partial charge in [-0.2, -0.15) is 9.40 Å². The number of hydrogen-bond donors (Lipinski definition) is 1. The lowest BCUT2D eigenvalue weighted by molar-refractivity contribution is -0.116. The summed E-state index contributed by atoms with van der Waals surface area (Å²) >= 11 is 0. The average molecular weight is 416 g/mol. The molecule has 1 amide bonds. The van der Waals surface area contributed by atoms with Crippen molar-refractivity contribution in [3.63, 3.8) is 0 Å². The van der Waals surface area contributed by atoms with Gasteiger partial charge in [0.1, 0.15) is 5.75 Å². The molecule has 0 radical (unpaired) electrons. The molecule has 0 atom stereocenters. The van der Waals surface area contributed by atoms with Crippen molar-refractivity contribution >= 4 is 21.6 Å². The molecule has 0 aliphatic rings. The molecule has 0 saturated heterocycles. The highest BCUT2D eigenvalue weighted by atomic mass is 32.2. The number of nitrogens with zero attached hydrogens (tertiary/aromatic N) is 5. The molecule has 152 valence electrons. The van der Waals surface area contributed by atoms with Gasteiger partial charge in [-0.25, -0.2) is 13.1 Å². The quantitative estimate of drug-likeness (QED) is 0.621. The van der Waals surface area contributed by atoms with E-state index in [4.69, 9.17) is 4.74 Å². The predicted molar refractivity (Wildman–Crippen MR) is 107 cm³/mol. The summed E-state index contributed by atoms with van der Waals surface area (Å²) in [5.41, 5.74) is 1.39. The summed E-state index contributed by atoms with van der Waals surface area (Å²) in [7, 11) is -2.08. The Labute approximate surface area is 168 Å². The Morgan fingerprint density at radius 3 is 2.41 bits per heavy atom. The second kappa shape index (κ2) is 8.37. The number of likely N-dealkylation sites (N-methyl/N-ethyl adjacent to an activating group) is 1. The largest absolute Gasteiger partial charge is 0.438 e. The molecule has 0 saturated carbocycles. The maximum Gasteiger partial charge on any atom is 0.239 e. The van der Waals surface area contributed by atoms with E-state index in [1.165, 1.54) is 7.05 Å². The second-order valence-corrected chi connectivity index (χ2v) is 8.41. The number of carbonyl (C=O) groups excluding carboxylic acids is 1. The van der Waals surface area contributed by atoms with Crippen molar-refractivity contribution in [3.05, 3.63) is 54.4 Å². The molecule has 0 aliphatic heterocycles. The fourth-order valence-corrected chi connectivity index (χ4v) is 2.63. The van der Waals surface area contributed by atoms with Crippen molar-refractivity contribution in [3.8, 4) is 17.4 Å². The number of rotatable bonds is 7. The summed E-state index contributed by atoms with van der Waals surface area (Å²) in [6, 6.07) is 11.9. The van der Waals surface area contributed by atoms with Crippen LogP contribution in [0, 0.1) is 6.92 Å². The summed E-state index contributed by atoms with van der Waals surface area (Å²) in [6.07, 6.45) is 2.83. The van der Waals surface area contributed by atoms with Crippen LogP contribution in [0.2, 0.25) is 0 Å². The van der Waals surface area contributed by atoms with E-state index in [0.29, 0.717) is 23.1 Å². The standard InChI is InChI=1S/C18H20N6O4S/c1-13-10-11-24(22-13)16-8-9-18(21-20-16)28-15-6-4-14(5-7-15)19-17(25)12-23(2)29(3,26)27/h4-11H,12H2,1-3H3,(H,19,25). The molecule has 1 N–H and O–H groups in total. The lowest BCUT2D eigenvalue weighted by Crippen LogP contribution is -2.34. The molecule has 3 rings (SSSR count). The molecule has 11 heteroatoms. The molecule has 0 unspecified atom stereocenters. The zero-order valence-corrected chi connectivity index (χ0v) is 16.9. The van der Waals surface area contributed by atoms with E-state index in [9.17, 15) is 13.2 Å². The van der Waals surface area contributed by atoms with Gasteiger partial charge in [0, 0.05) is 25.0 Å². The number of sulfonamides is 1. The fourth-order valence-electron chi connectivity index (χ4n) is 2.28. The highest BCUT2D eigenvalue weighted by Gasteiger charge is 2.15. The van der Waals surface area contributed by atoms with E-state index in [1.54, 1.807) is 47.3 Å². The van der Waals surface area contributed by atoms with Crippen LogP contribution in [0.5, 0.6) is 11.6 Å². The molecule has 0 fully saturated rings. The van der Waals surface area contributed by atoms with Crippen molar-refractivity contribution in [2.75, 3.05) is 25.2 Å². The zero-order chi connectivity index (χ0) is 21.0. The molecule has 0 spiro atoms. The molecular formula is C18H20N6O4S. The first-order valence-corrected chi connectivity index (χ1v) is 10.4. The van der Waals surface area contributed by atoms with Gasteiger partial charge in [0.2, 0.25) is 21.8 Å². The number of hydrogen-bond acceptors (Lipinski definition) is 7. The Hall–Kier alpha value is -3.31. The normalized spacial score (nSPS) is 11.4. The van der Waals surface area contributed by atoms with Crippen LogP contribution in [-0.4, -0.2) is 58.5 Å². The second-order valence-electron chi connectivity index (χ2n) is 6.33. The van der Waals surface area contributed by atoms with Crippen molar-refractivity contribution < 1.29 is 17.9 Å². The van der Waals surface area contributed by atoms with Gasteiger partial charge in [-0.3, -0.25) is 4.79 Å². The van der Waals surface area contributed by atoms with Gasteiger partial charge in [0.05, 0.1) is 18.5 Å². The summed E-state index contributed by atoms with van der Waals surface area (Å²) in [5.74, 6) is 0.946. The third-order valence-corrected chi connectivity index (χ3v) is 5.14. The molecule has 0 bridgehead atoms. The van der Waals surface area contributed by atoms with Crippen molar-refractivity contribution in [2.45, 2.75) is 6.92 Å². The lowest BCUT2D eigenvalue weighted by Gasteiger charge is -2.13. The first-order chi connectivity index (χ1) is 13.7.